The summed E-state index contributed by atoms with van der Waals surface area (Å²) in [5.41, 5.74) is 0.796. The van der Waals surface area contributed by atoms with Crippen LogP contribution in [0.1, 0.15) is 12.8 Å². The highest BCUT2D eigenvalue weighted by Crippen LogP contribution is 2.17. The Morgan fingerprint density at radius 1 is 1.41 bits per heavy atom. The zero-order valence-corrected chi connectivity index (χ0v) is 11.4. The van der Waals surface area contributed by atoms with Gasteiger partial charge in [0.15, 0.2) is 0 Å². The molecule has 1 aromatic carbocycles. The van der Waals surface area contributed by atoms with Crippen LogP contribution >= 0.6 is 22.6 Å². The summed E-state index contributed by atoms with van der Waals surface area (Å²) in [4.78, 5) is 24.7. The summed E-state index contributed by atoms with van der Waals surface area (Å²) in [6.45, 7) is 0.849. The lowest BCUT2D eigenvalue weighted by Gasteiger charge is -2.15. The fraction of sp³-hybridized carbons (Fsp3) is 0.333. The largest absolute Gasteiger partial charge is 0.333 e. The topological polar surface area (TPSA) is 49.4 Å². The first-order valence-electron chi connectivity index (χ1n) is 5.49. The molecular formula is C12H13IN2O2. The second kappa shape index (κ2) is 5.48. The SMILES string of the molecule is O=C(CN1CCCC1=O)Nc1ccccc1I. The van der Waals surface area contributed by atoms with Crippen LogP contribution in [0.25, 0.3) is 0 Å². The number of hydrogen-bond acceptors (Lipinski definition) is 2. The molecule has 1 aliphatic heterocycles. The normalized spacial score (nSPS) is 15.1. The molecule has 1 N–H and O–H groups in total. The molecule has 0 spiro atoms. The summed E-state index contributed by atoms with van der Waals surface area (Å²) >= 11 is 2.17. The minimum absolute atomic E-state index is 0.0721. The second-order valence-corrected chi connectivity index (χ2v) is 5.11. The van der Waals surface area contributed by atoms with Crippen molar-refractivity contribution in [3.8, 4) is 0 Å². The molecule has 1 aromatic rings. The van der Waals surface area contributed by atoms with Gasteiger partial charge in [0.25, 0.3) is 0 Å². The molecule has 0 aliphatic carbocycles. The highest BCUT2D eigenvalue weighted by atomic mass is 127. The van der Waals surface area contributed by atoms with Gasteiger partial charge in [0.1, 0.15) is 0 Å². The summed E-state index contributed by atoms with van der Waals surface area (Å²) in [5.74, 6) is -0.0627. The zero-order valence-electron chi connectivity index (χ0n) is 9.28. The lowest BCUT2D eigenvalue weighted by Crippen LogP contribution is -2.34. The maximum Gasteiger partial charge on any atom is 0.244 e. The Morgan fingerprint density at radius 2 is 2.18 bits per heavy atom. The third-order valence-electron chi connectivity index (χ3n) is 2.65. The number of halogens is 1. The van der Waals surface area contributed by atoms with Gasteiger partial charge in [0, 0.05) is 16.5 Å². The van der Waals surface area contributed by atoms with Crippen molar-refractivity contribution in [2.75, 3.05) is 18.4 Å². The van der Waals surface area contributed by atoms with Crippen molar-refractivity contribution in [2.24, 2.45) is 0 Å². The van der Waals surface area contributed by atoms with Crippen LogP contribution < -0.4 is 5.32 Å². The molecule has 2 amide bonds. The van der Waals surface area contributed by atoms with Gasteiger partial charge >= 0.3 is 0 Å². The quantitative estimate of drug-likeness (QED) is 0.851. The fourth-order valence-electron chi connectivity index (χ4n) is 1.80. The highest BCUT2D eigenvalue weighted by Gasteiger charge is 2.22. The Labute approximate surface area is 114 Å². The van der Waals surface area contributed by atoms with Gasteiger partial charge in [-0.2, -0.15) is 0 Å². The predicted molar refractivity (Wildman–Crippen MR) is 73.6 cm³/mol. The first-order valence-corrected chi connectivity index (χ1v) is 6.57. The van der Waals surface area contributed by atoms with Crippen molar-refractivity contribution < 1.29 is 9.59 Å². The van der Waals surface area contributed by atoms with Crippen molar-refractivity contribution in [1.82, 2.24) is 4.90 Å². The van der Waals surface area contributed by atoms with Crippen LogP contribution in [0.3, 0.4) is 0 Å². The first kappa shape index (κ1) is 12.3. The maximum atomic E-state index is 11.8. The summed E-state index contributed by atoms with van der Waals surface area (Å²) in [6.07, 6.45) is 1.42. The second-order valence-electron chi connectivity index (χ2n) is 3.95. The molecular weight excluding hydrogens is 331 g/mol. The smallest absolute Gasteiger partial charge is 0.244 e. The van der Waals surface area contributed by atoms with Gasteiger partial charge in [0.05, 0.1) is 12.2 Å². The van der Waals surface area contributed by atoms with E-state index in [4.69, 9.17) is 0 Å². The monoisotopic (exact) mass is 344 g/mol. The lowest BCUT2D eigenvalue weighted by atomic mass is 10.3. The van der Waals surface area contributed by atoms with Crippen molar-refractivity contribution in [3.63, 3.8) is 0 Å². The van der Waals surface area contributed by atoms with E-state index in [2.05, 4.69) is 27.9 Å². The Bertz CT molecular complexity index is 448. The van der Waals surface area contributed by atoms with E-state index in [9.17, 15) is 9.59 Å². The van der Waals surface area contributed by atoms with Crippen LogP contribution in [0.5, 0.6) is 0 Å². The number of hydrogen-bond donors (Lipinski definition) is 1. The Kier molecular flexibility index (Phi) is 3.98. The van der Waals surface area contributed by atoms with E-state index in [1.165, 1.54) is 0 Å². The van der Waals surface area contributed by atoms with E-state index in [0.717, 1.165) is 15.7 Å². The van der Waals surface area contributed by atoms with Crippen LogP contribution in [0.2, 0.25) is 0 Å². The Hall–Kier alpha value is -1.11. The molecule has 1 saturated heterocycles. The van der Waals surface area contributed by atoms with Crippen molar-refractivity contribution in [2.45, 2.75) is 12.8 Å². The van der Waals surface area contributed by atoms with E-state index in [1.807, 2.05) is 24.3 Å². The van der Waals surface area contributed by atoms with Gasteiger partial charge in [-0.3, -0.25) is 9.59 Å². The summed E-state index contributed by atoms with van der Waals surface area (Å²) < 4.78 is 0.992. The average molecular weight is 344 g/mol. The van der Waals surface area contributed by atoms with Gasteiger partial charge in [0.2, 0.25) is 11.8 Å². The van der Waals surface area contributed by atoms with Crippen molar-refractivity contribution in [3.05, 3.63) is 27.8 Å². The first-order chi connectivity index (χ1) is 8.16. The molecule has 2 rings (SSSR count). The van der Waals surface area contributed by atoms with Gasteiger partial charge in [-0.1, -0.05) is 12.1 Å². The predicted octanol–water partition coefficient (Wildman–Crippen LogP) is 1.85. The third kappa shape index (κ3) is 3.18. The van der Waals surface area contributed by atoms with E-state index >= 15 is 0 Å². The molecule has 1 fully saturated rings. The maximum absolute atomic E-state index is 11.8. The molecule has 17 heavy (non-hydrogen) atoms. The van der Waals surface area contributed by atoms with E-state index < -0.39 is 0 Å². The number of likely N-dealkylation sites (tertiary alicyclic amines) is 1. The number of nitrogens with zero attached hydrogens (tertiary/aromatic N) is 1. The number of nitrogens with one attached hydrogen (secondary N) is 1. The van der Waals surface area contributed by atoms with Crippen LogP contribution in [0.15, 0.2) is 24.3 Å². The number of benzene rings is 1. The van der Waals surface area contributed by atoms with Gasteiger partial charge in [-0.15, -0.1) is 0 Å². The van der Waals surface area contributed by atoms with Crippen LogP contribution in [0.4, 0.5) is 5.69 Å². The number of para-hydroxylation sites is 1. The summed E-state index contributed by atoms with van der Waals surface area (Å²) in [6, 6.07) is 7.57. The minimum atomic E-state index is -0.135. The highest BCUT2D eigenvalue weighted by molar-refractivity contribution is 14.1. The number of anilines is 1. The Morgan fingerprint density at radius 3 is 2.82 bits per heavy atom. The third-order valence-corrected chi connectivity index (χ3v) is 3.59. The van der Waals surface area contributed by atoms with Crippen LogP contribution in [-0.4, -0.2) is 29.8 Å². The zero-order chi connectivity index (χ0) is 12.3. The molecule has 0 radical (unpaired) electrons. The van der Waals surface area contributed by atoms with Gasteiger partial charge in [-0.25, -0.2) is 0 Å². The average Bonchev–Trinajstić information content (AvgIpc) is 2.68. The van der Waals surface area contributed by atoms with E-state index in [1.54, 1.807) is 4.90 Å². The van der Waals surface area contributed by atoms with Crippen molar-refractivity contribution in [1.29, 1.82) is 0 Å². The minimum Gasteiger partial charge on any atom is -0.333 e. The summed E-state index contributed by atoms with van der Waals surface area (Å²) in [5, 5.41) is 2.82. The van der Waals surface area contributed by atoms with Crippen LogP contribution in [0, 0.1) is 3.57 Å². The molecule has 0 unspecified atom stereocenters. The molecule has 5 heteroatoms. The molecule has 0 bridgehead atoms. The summed E-state index contributed by atoms with van der Waals surface area (Å²) in [7, 11) is 0. The lowest BCUT2D eigenvalue weighted by molar-refractivity contribution is -0.131. The number of amides is 2. The number of rotatable bonds is 3. The molecule has 4 nitrogen and oxygen atoms in total. The van der Waals surface area contributed by atoms with Gasteiger partial charge in [-0.05, 0) is 41.1 Å². The molecule has 90 valence electrons. The molecule has 1 heterocycles. The van der Waals surface area contributed by atoms with E-state index in [-0.39, 0.29) is 18.4 Å². The standard InChI is InChI=1S/C12H13IN2O2/c13-9-4-1-2-5-10(9)14-11(16)8-15-7-3-6-12(15)17/h1-2,4-5H,3,6-8H2,(H,14,16). The fourth-order valence-corrected chi connectivity index (χ4v) is 2.32. The molecule has 1 aliphatic rings. The number of carbonyl (C=O) groups excluding carboxylic acids is 2. The van der Waals surface area contributed by atoms with Crippen molar-refractivity contribution >= 4 is 40.1 Å². The van der Waals surface area contributed by atoms with Gasteiger partial charge < -0.3 is 10.2 Å². The van der Waals surface area contributed by atoms with E-state index in [0.29, 0.717) is 13.0 Å². The molecule has 0 aromatic heterocycles. The molecule has 0 saturated carbocycles. The van der Waals surface area contributed by atoms with Crippen LogP contribution in [-0.2, 0) is 9.59 Å². The molecule has 0 atom stereocenters. The Balaban J connectivity index is 1.93. The number of carbonyl (C=O) groups is 2.